The van der Waals surface area contributed by atoms with Crippen LogP contribution >= 0.6 is 0 Å². The third-order valence-electron chi connectivity index (χ3n) is 5.61. The molecule has 170 valence electrons. The van der Waals surface area contributed by atoms with Crippen LogP contribution in [0.15, 0.2) is 12.5 Å². The smallest absolute Gasteiger partial charge is 0.407 e. The molecule has 0 unspecified atom stereocenters. The lowest BCUT2D eigenvalue weighted by Crippen LogP contribution is -2.52. The molecule has 0 aliphatic heterocycles. The van der Waals surface area contributed by atoms with E-state index in [1.807, 2.05) is 17.7 Å². The van der Waals surface area contributed by atoms with E-state index in [9.17, 15) is 14.7 Å². The standard InChI is InChI=1S/C21H37N5O4/c1-19(2,3)30-18(29)24-11-5-6-15(17(27)28)12-16-13-26(14-25-16)21(23)9-7-20(4,22)8-10-21/h13-15H,5-12,22-23H2,1-4H3,(H,24,29)(H,27,28)/t15-,20?,21?/m0/s1. The van der Waals surface area contributed by atoms with Gasteiger partial charge in [0.2, 0.25) is 0 Å². The van der Waals surface area contributed by atoms with Crippen LogP contribution in [-0.4, -0.2) is 44.4 Å². The molecule has 0 bridgehead atoms. The van der Waals surface area contributed by atoms with Crippen molar-refractivity contribution in [1.82, 2.24) is 14.9 Å². The number of ether oxygens (including phenoxy) is 1. The SMILES string of the molecule is CC1(N)CCC(N)(n2cnc(C[C@H](CCCNC(=O)OC(C)(C)C)C(=O)O)c2)CC1. The Hall–Kier alpha value is -2.13. The van der Waals surface area contributed by atoms with Gasteiger partial charge in [-0.25, -0.2) is 9.78 Å². The van der Waals surface area contributed by atoms with Gasteiger partial charge >= 0.3 is 12.1 Å². The van der Waals surface area contributed by atoms with Crippen LogP contribution in [0.3, 0.4) is 0 Å². The molecule has 1 aromatic rings. The third-order valence-corrected chi connectivity index (χ3v) is 5.61. The maximum absolute atomic E-state index is 11.7. The molecule has 1 atom stereocenters. The summed E-state index contributed by atoms with van der Waals surface area (Å²) in [7, 11) is 0. The van der Waals surface area contributed by atoms with Crippen LogP contribution in [0.4, 0.5) is 4.79 Å². The molecule has 9 heteroatoms. The number of alkyl carbamates (subject to hydrolysis) is 1. The number of aliphatic carboxylic acids is 1. The zero-order chi connectivity index (χ0) is 22.6. The van der Waals surface area contributed by atoms with Crippen LogP contribution in [0, 0.1) is 5.92 Å². The fourth-order valence-electron chi connectivity index (χ4n) is 3.64. The highest BCUT2D eigenvalue weighted by Crippen LogP contribution is 2.35. The summed E-state index contributed by atoms with van der Waals surface area (Å²) in [6.07, 6.45) is 7.51. The monoisotopic (exact) mass is 423 g/mol. The maximum atomic E-state index is 11.7. The summed E-state index contributed by atoms with van der Waals surface area (Å²) >= 11 is 0. The number of carboxylic acids is 1. The minimum absolute atomic E-state index is 0.186. The van der Waals surface area contributed by atoms with Gasteiger partial charge in [-0.1, -0.05) is 0 Å². The van der Waals surface area contributed by atoms with Crippen LogP contribution in [0.25, 0.3) is 0 Å². The lowest BCUT2D eigenvalue weighted by molar-refractivity contribution is -0.142. The lowest BCUT2D eigenvalue weighted by atomic mass is 9.78. The second-order valence-corrected chi connectivity index (χ2v) is 9.84. The van der Waals surface area contributed by atoms with Crippen molar-refractivity contribution >= 4 is 12.1 Å². The Morgan fingerprint density at radius 2 is 1.93 bits per heavy atom. The van der Waals surface area contributed by atoms with Crippen molar-refractivity contribution in [3.63, 3.8) is 0 Å². The van der Waals surface area contributed by atoms with Crippen molar-refractivity contribution < 1.29 is 19.4 Å². The van der Waals surface area contributed by atoms with Crippen molar-refractivity contribution in [3.05, 3.63) is 18.2 Å². The Balaban J connectivity index is 1.86. The van der Waals surface area contributed by atoms with Crippen LogP contribution < -0.4 is 16.8 Å². The summed E-state index contributed by atoms with van der Waals surface area (Å²) in [5.41, 5.74) is 12.2. The maximum Gasteiger partial charge on any atom is 0.407 e. The third kappa shape index (κ3) is 7.28. The summed E-state index contributed by atoms with van der Waals surface area (Å²) in [4.78, 5) is 27.7. The molecule has 0 saturated heterocycles. The predicted molar refractivity (Wildman–Crippen MR) is 114 cm³/mol. The van der Waals surface area contributed by atoms with Gasteiger partial charge < -0.3 is 31.2 Å². The molecular weight excluding hydrogens is 386 g/mol. The van der Waals surface area contributed by atoms with E-state index in [-0.39, 0.29) is 5.54 Å². The average molecular weight is 424 g/mol. The number of aromatic nitrogens is 2. The predicted octanol–water partition coefficient (Wildman–Crippen LogP) is 2.33. The molecule has 6 N–H and O–H groups in total. The number of rotatable bonds is 8. The average Bonchev–Trinajstić information content (AvgIpc) is 3.08. The molecular formula is C21H37N5O4. The van der Waals surface area contributed by atoms with Gasteiger partial charge in [-0.05, 0) is 66.2 Å². The normalized spacial score (nSPS) is 25.5. The largest absolute Gasteiger partial charge is 0.481 e. The van der Waals surface area contributed by atoms with E-state index in [0.29, 0.717) is 31.5 Å². The molecule has 9 nitrogen and oxygen atoms in total. The van der Waals surface area contributed by atoms with Gasteiger partial charge in [0, 0.05) is 24.7 Å². The molecule has 1 heterocycles. The summed E-state index contributed by atoms with van der Waals surface area (Å²) in [5.74, 6) is -1.46. The zero-order valence-corrected chi connectivity index (χ0v) is 18.6. The van der Waals surface area contributed by atoms with Gasteiger partial charge in [0.25, 0.3) is 0 Å². The molecule has 0 radical (unpaired) electrons. The second kappa shape index (κ2) is 9.34. The van der Waals surface area contributed by atoms with Crippen LogP contribution in [-0.2, 0) is 21.6 Å². The van der Waals surface area contributed by atoms with Crippen molar-refractivity contribution in [2.45, 2.75) is 89.4 Å². The molecule has 1 fully saturated rings. The summed E-state index contributed by atoms with van der Waals surface area (Å²) in [6, 6.07) is 0. The van der Waals surface area contributed by atoms with Gasteiger partial charge in [-0.15, -0.1) is 0 Å². The highest BCUT2D eigenvalue weighted by Gasteiger charge is 2.37. The van der Waals surface area contributed by atoms with Crippen molar-refractivity contribution in [2.24, 2.45) is 17.4 Å². The van der Waals surface area contributed by atoms with Crippen LogP contribution in [0.1, 0.15) is 71.9 Å². The number of imidazole rings is 1. The van der Waals surface area contributed by atoms with E-state index in [2.05, 4.69) is 10.3 Å². The Labute approximate surface area is 178 Å². The Bertz CT molecular complexity index is 728. The Kier molecular flexibility index (Phi) is 7.52. The quantitative estimate of drug-likeness (QED) is 0.469. The zero-order valence-electron chi connectivity index (χ0n) is 18.6. The number of carbonyl (C=O) groups excluding carboxylic acids is 1. The summed E-state index contributed by atoms with van der Waals surface area (Å²) < 4.78 is 7.08. The number of carboxylic acid groups (broad SMARTS) is 1. The Morgan fingerprint density at radius 1 is 1.30 bits per heavy atom. The highest BCUT2D eigenvalue weighted by molar-refractivity contribution is 5.70. The van der Waals surface area contributed by atoms with Gasteiger partial charge in [0.05, 0.1) is 23.6 Å². The summed E-state index contributed by atoms with van der Waals surface area (Å²) in [6.45, 7) is 7.77. The fraction of sp³-hybridized carbons (Fsp3) is 0.762. The molecule has 0 aromatic carbocycles. The first-order valence-electron chi connectivity index (χ1n) is 10.6. The van der Waals surface area contributed by atoms with E-state index in [4.69, 9.17) is 16.2 Å². The fourth-order valence-corrected chi connectivity index (χ4v) is 3.64. The van der Waals surface area contributed by atoms with Gasteiger partial charge in [0.1, 0.15) is 5.60 Å². The van der Waals surface area contributed by atoms with Crippen LogP contribution in [0.2, 0.25) is 0 Å². The number of nitrogens with one attached hydrogen (secondary N) is 1. The molecule has 2 rings (SSSR count). The van der Waals surface area contributed by atoms with Gasteiger partial charge in [0.15, 0.2) is 0 Å². The number of nitrogens with two attached hydrogens (primary N) is 2. The minimum atomic E-state index is -0.874. The van der Waals surface area contributed by atoms with Crippen molar-refractivity contribution in [2.75, 3.05) is 6.54 Å². The number of carbonyl (C=O) groups is 2. The highest BCUT2D eigenvalue weighted by atomic mass is 16.6. The number of hydrogen-bond acceptors (Lipinski definition) is 6. The number of hydrogen-bond donors (Lipinski definition) is 4. The van der Waals surface area contributed by atoms with Gasteiger partial charge in [-0.2, -0.15) is 0 Å². The lowest BCUT2D eigenvalue weighted by Gasteiger charge is -2.41. The van der Waals surface area contributed by atoms with Crippen molar-refractivity contribution in [3.8, 4) is 0 Å². The topological polar surface area (TPSA) is 145 Å². The molecule has 1 amide bonds. The van der Waals surface area contributed by atoms with Crippen LogP contribution in [0.5, 0.6) is 0 Å². The molecule has 1 aliphatic rings. The van der Waals surface area contributed by atoms with E-state index >= 15 is 0 Å². The first kappa shape index (κ1) is 24.1. The minimum Gasteiger partial charge on any atom is -0.481 e. The first-order chi connectivity index (χ1) is 13.8. The molecule has 1 aliphatic carbocycles. The second-order valence-electron chi connectivity index (χ2n) is 9.84. The summed E-state index contributed by atoms with van der Waals surface area (Å²) in [5, 5.41) is 12.2. The van der Waals surface area contributed by atoms with E-state index < -0.39 is 29.2 Å². The molecule has 1 saturated carbocycles. The number of amides is 1. The van der Waals surface area contributed by atoms with Crippen molar-refractivity contribution in [1.29, 1.82) is 0 Å². The number of nitrogens with zero attached hydrogens (tertiary/aromatic N) is 2. The molecule has 0 spiro atoms. The Morgan fingerprint density at radius 3 is 2.50 bits per heavy atom. The molecule has 30 heavy (non-hydrogen) atoms. The van der Waals surface area contributed by atoms with Gasteiger partial charge in [-0.3, -0.25) is 4.79 Å². The first-order valence-corrected chi connectivity index (χ1v) is 10.6. The van der Waals surface area contributed by atoms with E-state index in [1.54, 1.807) is 27.1 Å². The molecule has 1 aromatic heterocycles. The van der Waals surface area contributed by atoms with E-state index in [0.717, 1.165) is 25.7 Å². The van der Waals surface area contributed by atoms with E-state index in [1.165, 1.54) is 0 Å².